The molecule has 0 aromatic carbocycles. The van der Waals surface area contributed by atoms with Gasteiger partial charge >= 0.3 is 0 Å². The van der Waals surface area contributed by atoms with E-state index >= 15 is 0 Å². The maximum Gasteiger partial charge on any atom is 0.0851 e. The monoisotopic (exact) mass is 196 g/mol. The van der Waals surface area contributed by atoms with E-state index in [4.69, 9.17) is 0 Å². The summed E-state index contributed by atoms with van der Waals surface area (Å²) in [5.41, 5.74) is 1.94. The van der Waals surface area contributed by atoms with E-state index in [9.17, 15) is 5.11 Å². The molecule has 72 valence electrons. The summed E-state index contributed by atoms with van der Waals surface area (Å²) >= 11 is 1.82. The Bertz CT molecular complexity index is 306. The van der Waals surface area contributed by atoms with Crippen molar-refractivity contribution in [2.24, 2.45) is 0 Å². The summed E-state index contributed by atoms with van der Waals surface area (Å²) in [5, 5.41) is 12.1. The molecule has 0 bridgehead atoms. The van der Waals surface area contributed by atoms with Gasteiger partial charge in [0.15, 0.2) is 0 Å². The standard InChI is InChI=1S/C11H16OS/c1-11(2,12)9-7-13-10-6-4-3-5-8(9)10/h7,12H,3-6H2,1-2H3. The lowest BCUT2D eigenvalue weighted by atomic mass is 9.89. The van der Waals surface area contributed by atoms with Crippen LogP contribution >= 0.6 is 11.3 Å². The van der Waals surface area contributed by atoms with Gasteiger partial charge in [0, 0.05) is 4.88 Å². The molecule has 13 heavy (non-hydrogen) atoms. The highest BCUT2D eigenvalue weighted by atomic mass is 32.1. The van der Waals surface area contributed by atoms with Gasteiger partial charge in [0.05, 0.1) is 5.60 Å². The van der Waals surface area contributed by atoms with Crippen molar-refractivity contribution in [1.82, 2.24) is 0 Å². The zero-order chi connectivity index (χ0) is 9.47. The molecule has 1 aromatic rings. The van der Waals surface area contributed by atoms with Gasteiger partial charge in [-0.05, 0) is 56.0 Å². The van der Waals surface area contributed by atoms with Gasteiger partial charge in [-0.25, -0.2) is 0 Å². The Morgan fingerprint density at radius 1 is 1.31 bits per heavy atom. The Balaban J connectivity index is 2.43. The molecule has 0 saturated heterocycles. The maximum atomic E-state index is 9.94. The van der Waals surface area contributed by atoms with Crippen molar-refractivity contribution in [3.63, 3.8) is 0 Å². The van der Waals surface area contributed by atoms with Crippen molar-refractivity contribution in [2.75, 3.05) is 0 Å². The van der Waals surface area contributed by atoms with Crippen LogP contribution < -0.4 is 0 Å². The first-order valence-corrected chi connectivity index (χ1v) is 5.79. The third kappa shape index (κ3) is 1.65. The summed E-state index contributed by atoms with van der Waals surface area (Å²) in [6.45, 7) is 3.76. The molecule has 0 fully saturated rings. The van der Waals surface area contributed by atoms with Crippen LogP contribution in [0, 0.1) is 0 Å². The molecule has 0 spiro atoms. The maximum absolute atomic E-state index is 9.94. The molecule has 1 aliphatic rings. The summed E-state index contributed by atoms with van der Waals surface area (Å²) in [6, 6.07) is 0. The van der Waals surface area contributed by atoms with Crippen LogP contribution in [0.3, 0.4) is 0 Å². The van der Waals surface area contributed by atoms with Gasteiger partial charge in [-0.2, -0.15) is 0 Å². The van der Waals surface area contributed by atoms with Gasteiger partial charge < -0.3 is 5.11 Å². The lowest BCUT2D eigenvalue weighted by molar-refractivity contribution is 0.0779. The Morgan fingerprint density at radius 3 is 2.69 bits per heavy atom. The smallest absolute Gasteiger partial charge is 0.0851 e. The van der Waals surface area contributed by atoms with Gasteiger partial charge in [-0.1, -0.05) is 0 Å². The van der Waals surface area contributed by atoms with Crippen LogP contribution in [0.25, 0.3) is 0 Å². The fourth-order valence-electron chi connectivity index (χ4n) is 2.01. The van der Waals surface area contributed by atoms with Crippen LogP contribution in [0.5, 0.6) is 0 Å². The lowest BCUT2D eigenvalue weighted by Gasteiger charge is -2.21. The fraction of sp³-hybridized carbons (Fsp3) is 0.636. The molecule has 1 heterocycles. The van der Waals surface area contributed by atoms with Crippen LogP contribution in [0.15, 0.2) is 5.38 Å². The SMILES string of the molecule is CC(C)(O)c1csc2c1CCCC2. The van der Waals surface area contributed by atoms with Gasteiger partial charge in [-0.15, -0.1) is 11.3 Å². The molecule has 0 aliphatic heterocycles. The van der Waals surface area contributed by atoms with Gasteiger partial charge in [0.2, 0.25) is 0 Å². The lowest BCUT2D eigenvalue weighted by Crippen LogP contribution is -2.17. The van der Waals surface area contributed by atoms with E-state index in [0.29, 0.717) is 0 Å². The summed E-state index contributed by atoms with van der Waals surface area (Å²) < 4.78 is 0. The van der Waals surface area contributed by atoms with Gasteiger partial charge in [-0.3, -0.25) is 0 Å². The molecule has 2 rings (SSSR count). The number of rotatable bonds is 1. The van der Waals surface area contributed by atoms with Crippen molar-refractivity contribution in [3.05, 3.63) is 21.4 Å². The highest BCUT2D eigenvalue weighted by Gasteiger charge is 2.24. The van der Waals surface area contributed by atoms with Gasteiger partial charge in [0.1, 0.15) is 0 Å². The average Bonchev–Trinajstić information content (AvgIpc) is 2.45. The van der Waals surface area contributed by atoms with Crippen molar-refractivity contribution >= 4 is 11.3 Å². The number of aliphatic hydroxyl groups is 1. The summed E-state index contributed by atoms with van der Waals surface area (Å²) in [4.78, 5) is 1.50. The van der Waals surface area contributed by atoms with E-state index in [1.807, 2.05) is 25.2 Å². The Labute approximate surface area is 83.4 Å². The Morgan fingerprint density at radius 2 is 2.00 bits per heavy atom. The minimum atomic E-state index is -0.651. The van der Waals surface area contributed by atoms with E-state index in [1.54, 1.807) is 0 Å². The predicted octanol–water partition coefficient (Wildman–Crippen LogP) is 2.85. The molecule has 2 heteroatoms. The quantitative estimate of drug-likeness (QED) is 0.732. The first kappa shape index (κ1) is 9.22. The molecule has 0 unspecified atom stereocenters. The van der Waals surface area contributed by atoms with Crippen molar-refractivity contribution in [2.45, 2.75) is 45.1 Å². The highest BCUT2D eigenvalue weighted by Crippen LogP contribution is 2.35. The zero-order valence-electron chi connectivity index (χ0n) is 8.26. The predicted molar refractivity (Wildman–Crippen MR) is 56.2 cm³/mol. The van der Waals surface area contributed by atoms with E-state index in [2.05, 4.69) is 5.38 Å². The number of hydrogen-bond acceptors (Lipinski definition) is 2. The molecule has 1 aromatic heterocycles. The van der Waals surface area contributed by atoms with E-state index in [0.717, 1.165) is 12.0 Å². The normalized spacial score (nSPS) is 17.2. The summed E-state index contributed by atoms with van der Waals surface area (Å²) in [5.74, 6) is 0. The number of hydrogen-bond donors (Lipinski definition) is 1. The zero-order valence-corrected chi connectivity index (χ0v) is 9.08. The molecule has 1 nitrogen and oxygen atoms in total. The first-order chi connectivity index (χ1) is 6.09. The third-order valence-electron chi connectivity index (χ3n) is 2.72. The second-order valence-corrected chi connectivity index (χ2v) is 5.28. The van der Waals surface area contributed by atoms with Crippen LogP contribution in [-0.4, -0.2) is 5.11 Å². The second-order valence-electron chi connectivity index (χ2n) is 4.32. The third-order valence-corrected chi connectivity index (χ3v) is 3.81. The van der Waals surface area contributed by atoms with Crippen LogP contribution in [-0.2, 0) is 18.4 Å². The second kappa shape index (κ2) is 3.10. The minimum absolute atomic E-state index is 0.651. The van der Waals surface area contributed by atoms with Crippen LogP contribution in [0.1, 0.15) is 42.7 Å². The van der Waals surface area contributed by atoms with Gasteiger partial charge in [0.25, 0.3) is 0 Å². The molecule has 0 amide bonds. The van der Waals surface area contributed by atoms with Crippen LogP contribution in [0.4, 0.5) is 0 Å². The van der Waals surface area contributed by atoms with Crippen LogP contribution in [0.2, 0.25) is 0 Å². The molecular weight excluding hydrogens is 180 g/mol. The molecule has 0 atom stereocenters. The van der Waals surface area contributed by atoms with E-state index in [1.165, 1.54) is 29.7 Å². The molecule has 0 radical (unpaired) electrons. The topological polar surface area (TPSA) is 20.2 Å². The van der Waals surface area contributed by atoms with E-state index < -0.39 is 5.60 Å². The Kier molecular flexibility index (Phi) is 2.20. The van der Waals surface area contributed by atoms with Crippen molar-refractivity contribution in [1.29, 1.82) is 0 Å². The van der Waals surface area contributed by atoms with E-state index in [-0.39, 0.29) is 0 Å². The number of fused-ring (bicyclic) bond motifs is 1. The number of thiophene rings is 1. The van der Waals surface area contributed by atoms with Crippen molar-refractivity contribution in [3.8, 4) is 0 Å². The number of aryl methyl sites for hydroxylation is 1. The fourth-order valence-corrected chi connectivity index (χ4v) is 3.31. The summed E-state index contributed by atoms with van der Waals surface area (Å²) in [7, 11) is 0. The minimum Gasteiger partial charge on any atom is -0.386 e. The molecule has 0 saturated carbocycles. The Hall–Kier alpha value is -0.340. The average molecular weight is 196 g/mol. The first-order valence-electron chi connectivity index (χ1n) is 4.91. The molecular formula is C11H16OS. The van der Waals surface area contributed by atoms with Crippen molar-refractivity contribution < 1.29 is 5.11 Å². The molecule has 1 N–H and O–H groups in total. The molecule has 1 aliphatic carbocycles. The summed E-state index contributed by atoms with van der Waals surface area (Å²) in [6.07, 6.45) is 4.99. The largest absolute Gasteiger partial charge is 0.386 e. The highest BCUT2D eigenvalue weighted by molar-refractivity contribution is 7.10.